The molecule has 21 heavy (non-hydrogen) atoms. The molecule has 1 fully saturated rings. The van der Waals surface area contributed by atoms with E-state index >= 15 is 0 Å². The number of hydrogen-bond acceptors (Lipinski definition) is 3. The van der Waals surface area contributed by atoms with Gasteiger partial charge in [-0.05, 0) is 49.2 Å². The third-order valence-corrected chi connectivity index (χ3v) is 4.42. The lowest BCUT2D eigenvalue weighted by Gasteiger charge is -2.35. The van der Waals surface area contributed by atoms with Gasteiger partial charge in [0.15, 0.2) is 0 Å². The van der Waals surface area contributed by atoms with E-state index in [9.17, 15) is 5.26 Å². The van der Waals surface area contributed by atoms with Crippen LogP contribution < -0.4 is 10.1 Å². The number of rotatable bonds is 3. The zero-order chi connectivity index (χ0) is 14.7. The third-order valence-electron chi connectivity index (χ3n) is 4.42. The summed E-state index contributed by atoms with van der Waals surface area (Å²) in [5, 5.41) is 15.0. The Balaban J connectivity index is 1.77. The number of nitrogens with one attached hydrogen (secondary N) is 1. The fraction of sp³-hybridized carbons (Fsp3) is 0.389. The van der Waals surface area contributed by atoms with Crippen molar-refractivity contribution in [3.8, 4) is 11.8 Å². The predicted octanol–water partition coefficient (Wildman–Crippen LogP) is 3.64. The SMILES string of the molecule is CNC1(C#N)CCCC(Oc2ccc3ccccc3c2)C1. The summed E-state index contributed by atoms with van der Waals surface area (Å²) in [5.41, 5.74) is -0.431. The molecule has 3 heteroatoms. The fourth-order valence-corrected chi connectivity index (χ4v) is 3.14. The van der Waals surface area contributed by atoms with Crippen molar-refractivity contribution < 1.29 is 4.74 Å². The molecule has 2 unspecified atom stereocenters. The van der Waals surface area contributed by atoms with Gasteiger partial charge in [-0.25, -0.2) is 0 Å². The summed E-state index contributed by atoms with van der Waals surface area (Å²) in [6, 6.07) is 16.9. The Morgan fingerprint density at radius 3 is 2.81 bits per heavy atom. The molecule has 0 heterocycles. The number of nitrogens with zero attached hydrogens (tertiary/aromatic N) is 1. The first-order valence-corrected chi connectivity index (χ1v) is 7.50. The van der Waals surface area contributed by atoms with Crippen LogP contribution in [-0.2, 0) is 0 Å². The summed E-state index contributed by atoms with van der Waals surface area (Å²) in [4.78, 5) is 0. The lowest BCUT2D eigenvalue weighted by Crippen LogP contribution is -2.48. The number of benzene rings is 2. The number of ether oxygens (including phenoxy) is 1. The van der Waals surface area contributed by atoms with Crippen LogP contribution in [0.15, 0.2) is 42.5 Å². The van der Waals surface area contributed by atoms with E-state index in [-0.39, 0.29) is 6.10 Å². The van der Waals surface area contributed by atoms with E-state index in [4.69, 9.17) is 4.74 Å². The van der Waals surface area contributed by atoms with Crippen molar-refractivity contribution in [2.24, 2.45) is 0 Å². The molecule has 1 N–H and O–H groups in total. The predicted molar refractivity (Wildman–Crippen MR) is 84.2 cm³/mol. The molecule has 2 atom stereocenters. The van der Waals surface area contributed by atoms with Gasteiger partial charge in [-0.2, -0.15) is 5.26 Å². The fourth-order valence-electron chi connectivity index (χ4n) is 3.14. The van der Waals surface area contributed by atoms with Gasteiger partial charge in [-0.15, -0.1) is 0 Å². The minimum absolute atomic E-state index is 0.104. The maximum Gasteiger partial charge on any atom is 0.120 e. The second-order valence-corrected chi connectivity index (χ2v) is 5.79. The molecule has 3 nitrogen and oxygen atoms in total. The van der Waals surface area contributed by atoms with E-state index in [0.29, 0.717) is 0 Å². The highest BCUT2D eigenvalue weighted by Crippen LogP contribution is 2.31. The zero-order valence-electron chi connectivity index (χ0n) is 12.3. The highest BCUT2D eigenvalue weighted by atomic mass is 16.5. The molecule has 108 valence electrons. The summed E-state index contributed by atoms with van der Waals surface area (Å²) in [7, 11) is 1.86. The highest BCUT2D eigenvalue weighted by Gasteiger charge is 2.36. The van der Waals surface area contributed by atoms with Gasteiger partial charge in [0.05, 0.1) is 6.07 Å². The molecule has 3 rings (SSSR count). The van der Waals surface area contributed by atoms with E-state index in [1.807, 2.05) is 25.2 Å². The Labute approximate surface area is 125 Å². The lowest BCUT2D eigenvalue weighted by molar-refractivity contribution is 0.116. The van der Waals surface area contributed by atoms with Crippen LogP contribution in [0, 0.1) is 11.3 Å². The minimum atomic E-state index is -0.431. The summed E-state index contributed by atoms with van der Waals surface area (Å²) in [6.07, 6.45) is 3.78. The molecule has 2 aromatic carbocycles. The van der Waals surface area contributed by atoms with E-state index < -0.39 is 5.54 Å². The van der Waals surface area contributed by atoms with Crippen molar-refractivity contribution in [1.82, 2.24) is 5.32 Å². The van der Waals surface area contributed by atoms with Crippen molar-refractivity contribution in [3.05, 3.63) is 42.5 Å². The number of fused-ring (bicyclic) bond motifs is 1. The lowest BCUT2D eigenvalue weighted by atomic mass is 9.81. The first-order chi connectivity index (χ1) is 10.2. The van der Waals surface area contributed by atoms with Crippen LogP contribution in [0.3, 0.4) is 0 Å². The third kappa shape index (κ3) is 2.86. The Morgan fingerprint density at radius 2 is 2.05 bits per heavy atom. The molecule has 0 radical (unpaired) electrons. The van der Waals surface area contributed by atoms with E-state index in [2.05, 4.69) is 35.7 Å². The molecule has 0 aliphatic heterocycles. The topological polar surface area (TPSA) is 45.0 Å². The van der Waals surface area contributed by atoms with Crippen molar-refractivity contribution >= 4 is 10.8 Å². The Bertz CT molecular complexity index is 676. The molecule has 0 aromatic heterocycles. The van der Waals surface area contributed by atoms with E-state index in [0.717, 1.165) is 31.4 Å². The van der Waals surface area contributed by atoms with Gasteiger partial charge < -0.3 is 10.1 Å². The first-order valence-electron chi connectivity index (χ1n) is 7.50. The Hall–Kier alpha value is -2.05. The molecule has 1 saturated carbocycles. The zero-order valence-corrected chi connectivity index (χ0v) is 12.3. The van der Waals surface area contributed by atoms with Gasteiger partial charge in [-0.1, -0.05) is 30.3 Å². The monoisotopic (exact) mass is 280 g/mol. The van der Waals surface area contributed by atoms with Crippen LogP contribution >= 0.6 is 0 Å². The van der Waals surface area contributed by atoms with Crippen LogP contribution in [0.2, 0.25) is 0 Å². The highest BCUT2D eigenvalue weighted by molar-refractivity contribution is 5.83. The van der Waals surface area contributed by atoms with Crippen molar-refractivity contribution in [1.29, 1.82) is 5.26 Å². The molecule has 0 saturated heterocycles. The van der Waals surface area contributed by atoms with Crippen LogP contribution in [0.5, 0.6) is 5.75 Å². The molecule has 1 aliphatic rings. The van der Waals surface area contributed by atoms with Gasteiger partial charge in [0.1, 0.15) is 17.4 Å². The molecule has 0 bridgehead atoms. The maximum atomic E-state index is 9.40. The van der Waals surface area contributed by atoms with Crippen LogP contribution in [0.4, 0.5) is 0 Å². The Kier molecular flexibility index (Phi) is 3.81. The van der Waals surface area contributed by atoms with Gasteiger partial charge >= 0.3 is 0 Å². The molecule has 1 aliphatic carbocycles. The van der Waals surface area contributed by atoms with E-state index in [1.165, 1.54) is 10.8 Å². The maximum absolute atomic E-state index is 9.40. The summed E-state index contributed by atoms with van der Waals surface area (Å²) in [6.45, 7) is 0. The quantitative estimate of drug-likeness (QED) is 0.933. The summed E-state index contributed by atoms with van der Waals surface area (Å²) >= 11 is 0. The average molecular weight is 280 g/mol. The molecular formula is C18H20N2O. The smallest absolute Gasteiger partial charge is 0.120 e. The standard InChI is InChI=1S/C18H20N2O/c1-20-18(13-19)10-4-7-17(12-18)21-16-9-8-14-5-2-3-6-15(14)11-16/h2-3,5-6,8-9,11,17,20H,4,7,10,12H2,1H3. The molecule has 0 amide bonds. The largest absolute Gasteiger partial charge is 0.490 e. The second kappa shape index (κ2) is 5.75. The molecule has 0 spiro atoms. The normalized spacial score (nSPS) is 25.4. The first kappa shape index (κ1) is 13.9. The summed E-state index contributed by atoms with van der Waals surface area (Å²) < 4.78 is 6.13. The number of hydrogen-bond donors (Lipinski definition) is 1. The average Bonchev–Trinajstić information content (AvgIpc) is 2.55. The van der Waals surface area contributed by atoms with Crippen molar-refractivity contribution in [2.75, 3.05) is 7.05 Å². The Morgan fingerprint density at radius 1 is 1.24 bits per heavy atom. The van der Waals surface area contributed by atoms with Gasteiger partial charge in [0, 0.05) is 6.42 Å². The van der Waals surface area contributed by atoms with Crippen LogP contribution in [-0.4, -0.2) is 18.7 Å². The van der Waals surface area contributed by atoms with Crippen molar-refractivity contribution in [2.45, 2.75) is 37.3 Å². The summed E-state index contributed by atoms with van der Waals surface area (Å²) in [5.74, 6) is 0.892. The second-order valence-electron chi connectivity index (χ2n) is 5.79. The van der Waals surface area contributed by atoms with Gasteiger partial charge in [-0.3, -0.25) is 0 Å². The van der Waals surface area contributed by atoms with Crippen molar-refractivity contribution in [3.63, 3.8) is 0 Å². The number of nitriles is 1. The minimum Gasteiger partial charge on any atom is -0.490 e. The van der Waals surface area contributed by atoms with Gasteiger partial charge in [0.2, 0.25) is 0 Å². The molecular weight excluding hydrogens is 260 g/mol. The van der Waals surface area contributed by atoms with Crippen LogP contribution in [0.1, 0.15) is 25.7 Å². The van der Waals surface area contributed by atoms with E-state index in [1.54, 1.807) is 0 Å². The van der Waals surface area contributed by atoms with Crippen LogP contribution in [0.25, 0.3) is 10.8 Å². The van der Waals surface area contributed by atoms with Gasteiger partial charge in [0.25, 0.3) is 0 Å². The molecule has 2 aromatic rings.